The van der Waals surface area contributed by atoms with Crippen molar-refractivity contribution in [2.45, 2.75) is 80.1 Å². The molecule has 10 heteroatoms. The molecule has 3 rings (SSSR count). The van der Waals surface area contributed by atoms with Gasteiger partial charge >= 0.3 is 276 Å². The molecule has 0 aliphatic heterocycles. The topological polar surface area (TPSA) is 55.4 Å². The van der Waals surface area contributed by atoms with Gasteiger partial charge in [0.2, 0.25) is 0 Å². The normalized spacial score (nSPS) is 11.4. The van der Waals surface area contributed by atoms with Gasteiger partial charge in [-0.05, 0) is 0 Å². The average Bonchev–Trinajstić information content (AvgIpc) is 2.98. The van der Waals surface area contributed by atoms with Gasteiger partial charge in [0.25, 0.3) is 0 Å². The van der Waals surface area contributed by atoms with Crippen LogP contribution in [0.25, 0.3) is 0 Å². The van der Waals surface area contributed by atoms with Crippen molar-refractivity contribution in [2.24, 2.45) is 0 Å². The maximum atomic E-state index is 6.14. The number of hydrogen-bond donors (Lipinski definition) is 0. The molecule has 3 aromatic carbocycles. The fraction of sp³-hybridized carbons (Fsp3) is 0.455. The van der Waals surface area contributed by atoms with Gasteiger partial charge in [0, 0.05) is 0 Å². The number of rotatable bonds is 18. The quantitative estimate of drug-likeness (QED) is 0.0731. The molecule has 0 fully saturated rings. The Morgan fingerprint density at radius 1 is 0.442 bits per heavy atom. The molecular weight excluding hydrogens is 712 g/mol. The van der Waals surface area contributed by atoms with Crippen molar-refractivity contribution in [1.29, 1.82) is 0 Å². The summed E-state index contributed by atoms with van der Waals surface area (Å²) >= 11 is 6.04. The molecule has 238 valence electrons. The summed E-state index contributed by atoms with van der Waals surface area (Å²) in [6.07, 6.45) is 1.56. The van der Waals surface area contributed by atoms with Crippen LogP contribution in [0.5, 0.6) is 17.2 Å². The molecule has 6 nitrogen and oxygen atoms in total. The molecule has 0 aliphatic carbocycles. The standard InChI is InChI=1S/C21H21O3PSe.C12H27O3PSe/c1-16-4-10-19(11-5-16)22-25(26,23-20-12-6-17(2)7-13-20)24-21-14-8-18(3)9-15-21;1-4-7-10-13-16(17,14-11-8-5-2)15-12-9-6-3/h4-15H,1-3H3;4-12H2,1-3H3. The summed E-state index contributed by atoms with van der Waals surface area (Å²) in [5, 5.41) is 0. The Bertz CT molecular complexity index is 1110. The van der Waals surface area contributed by atoms with E-state index in [0.717, 1.165) is 58.3 Å². The molecule has 0 amide bonds. The third kappa shape index (κ3) is 16.1. The molecule has 0 bridgehead atoms. The van der Waals surface area contributed by atoms with Crippen LogP contribution >= 0.6 is 12.4 Å². The molecular formula is C33H48O6P2Se2. The van der Waals surface area contributed by atoms with E-state index in [-0.39, 0.29) is 0 Å². The van der Waals surface area contributed by atoms with Crippen molar-refractivity contribution < 1.29 is 27.1 Å². The fourth-order valence-corrected chi connectivity index (χ4v) is 8.88. The Labute approximate surface area is 275 Å². The zero-order chi connectivity index (χ0) is 31.6. The second-order valence-corrected chi connectivity index (χ2v) is 18.9. The van der Waals surface area contributed by atoms with Crippen LogP contribution in [-0.4, -0.2) is 50.0 Å². The van der Waals surface area contributed by atoms with Gasteiger partial charge in [-0.25, -0.2) is 0 Å². The molecule has 0 aromatic heterocycles. The summed E-state index contributed by atoms with van der Waals surface area (Å²) in [4.78, 5) is 0. The maximum absolute atomic E-state index is 6.14. The molecule has 43 heavy (non-hydrogen) atoms. The average molecular weight is 761 g/mol. The Morgan fingerprint density at radius 3 is 0.930 bits per heavy atom. The van der Waals surface area contributed by atoms with E-state index in [1.165, 1.54) is 16.7 Å². The van der Waals surface area contributed by atoms with Crippen molar-refractivity contribution in [3.05, 3.63) is 89.5 Å². The first kappa shape index (κ1) is 38.0. The molecule has 0 unspecified atom stereocenters. The van der Waals surface area contributed by atoms with Gasteiger partial charge in [-0.3, -0.25) is 0 Å². The number of benzene rings is 3. The van der Waals surface area contributed by atoms with Crippen molar-refractivity contribution in [2.75, 3.05) is 19.8 Å². The van der Waals surface area contributed by atoms with E-state index in [1.54, 1.807) is 0 Å². The Kier molecular flexibility index (Phi) is 18.4. The van der Waals surface area contributed by atoms with Gasteiger partial charge in [0.15, 0.2) is 0 Å². The Balaban J connectivity index is 0.000000332. The van der Waals surface area contributed by atoms with Crippen molar-refractivity contribution in [3.8, 4) is 17.2 Å². The van der Waals surface area contributed by atoms with E-state index in [2.05, 4.69) is 51.0 Å². The van der Waals surface area contributed by atoms with E-state index < -0.39 is 12.4 Å². The molecule has 0 atom stereocenters. The summed E-state index contributed by atoms with van der Waals surface area (Å²) in [5.41, 5.74) is 3.50. The Morgan fingerprint density at radius 2 is 0.698 bits per heavy atom. The van der Waals surface area contributed by atoms with Gasteiger partial charge in [0.1, 0.15) is 0 Å². The number of unbranched alkanes of at least 4 members (excludes halogenated alkanes) is 3. The third-order valence-corrected chi connectivity index (χ3v) is 12.2. The first-order chi connectivity index (χ1) is 20.6. The number of aryl methyl sites for hydroxylation is 3. The van der Waals surface area contributed by atoms with E-state index in [9.17, 15) is 0 Å². The summed E-state index contributed by atoms with van der Waals surface area (Å²) in [5.74, 6) is 2.09. The minimum atomic E-state index is -2.81. The zero-order valence-electron chi connectivity index (χ0n) is 26.5. The van der Waals surface area contributed by atoms with Crippen molar-refractivity contribution in [1.82, 2.24) is 0 Å². The third-order valence-electron chi connectivity index (χ3n) is 5.96. The molecule has 3 aromatic rings. The van der Waals surface area contributed by atoms with Crippen molar-refractivity contribution >= 4 is 42.6 Å². The molecule has 0 spiro atoms. The van der Waals surface area contributed by atoms with Crippen LogP contribution in [0, 0.1) is 20.8 Å². The SMILES string of the molecule is CCCCOP(=[Se])(OCCCC)OCCCC.Cc1ccc(OP(=[Se])(Oc2ccc(C)cc2)Oc2ccc(C)cc2)cc1. The van der Waals surface area contributed by atoms with Crippen LogP contribution in [0.4, 0.5) is 0 Å². The minimum absolute atomic E-state index is 0.696. The van der Waals surface area contributed by atoms with Gasteiger partial charge in [-0.1, -0.05) is 0 Å². The zero-order valence-corrected chi connectivity index (χ0v) is 31.7. The molecule has 0 N–H and O–H groups in total. The van der Waals surface area contributed by atoms with Crippen molar-refractivity contribution in [3.63, 3.8) is 0 Å². The van der Waals surface area contributed by atoms with Gasteiger partial charge < -0.3 is 0 Å². The van der Waals surface area contributed by atoms with Gasteiger partial charge in [-0.2, -0.15) is 0 Å². The summed E-state index contributed by atoms with van der Waals surface area (Å²) in [7, 11) is 0. The first-order valence-corrected chi connectivity index (χ1v) is 22.5. The van der Waals surface area contributed by atoms with Gasteiger partial charge in [-0.15, -0.1) is 0 Å². The second-order valence-electron chi connectivity index (χ2n) is 10.2. The predicted octanol–water partition coefficient (Wildman–Crippen LogP) is 10.3. The van der Waals surface area contributed by atoms with Crippen LogP contribution in [-0.2, 0) is 13.6 Å². The molecule has 0 radical (unpaired) electrons. The molecule has 0 heterocycles. The van der Waals surface area contributed by atoms with E-state index in [0.29, 0.717) is 17.2 Å². The van der Waals surface area contributed by atoms with E-state index in [4.69, 9.17) is 27.1 Å². The van der Waals surface area contributed by atoms with Crippen LogP contribution < -0.4 is 13.6 Å². The Hall–Kier alpha value is -1.16. The van der Waals surface area contributed by atoms with E-state index in [1.807, 2.05) is 93.6 Å². The fourth-order valence-electron chi connectivity index (χ4n) is 3.31. The van der Waals surface area contributed by atoms with Crippen LogP contribution in [0.1, 0.15) is 76.0 Å². The van der Waals surface area contributed by atoms with Crippen LogP contribution in [0.2, 0.25) is 0 Å². The molecule has 0 saturated heterocycles. The first-order valence-electron chi connectivity index (χ1n) is 15.0. The van der Waals surface area contributed by atoms with E-state index >= 15 is 0 Å². The number of hydrogen-bond acceptors (Lipinski definition) is 6. The molecule has 0 saturated carbocycles. The predicted molar refractivity (Wildman–Crippen MR) is 183 cm³/mol. The summed E-state index contributed by atoms with van der Waals surface area (Å²) < 4.78 is 35.7. The molecule has 0 aliphatic rings. The van der Waals surface area contributed by atoms with Gasteiger partial charge in [0.05, 0.1) is 0 Å². The summed E-state index contributed by atoms with van der Waals surface area (Å²) in [6, 6.07) is 23.5. The van der Waals surface area contributed by atoms with Crippen LogP contribution in [0.15, 0.2) is 72.8 Å². The second kappa shape index (κ2) is 20.8. The summed E-state index contributed by atoms with van der Waals surface area (Å²) in [6.45, 7) is 14.7. The monoisotopic (exact) mass is 762 g/mol. The van der Waals surface area contributed by atoms with Crippen LogP contribution in [0.3, 0.4) is 0 Å².